The Hall–Kier alpha value is -5.17. The van der Waals surface area contributed by atoms with Crippen LogP contribution in [0.5, 0.6) is 17.4 Å². The molecule has 2 heterocycles. The van der Waals surface area contributed by atoms with Gasteiger partial charge < -0.3 is 24.4 Å². The van der Waals surface area contributed by atoms with Gasteiger partial charge >= 0.3 is 0 Å². The van der Waals surface area contributed by atoms with Gasteiger partial charge in [0.2, 0.25) is 17.7 Å². The quantitative estimate of drug-likeness (QED) is 0.292. The van der Waals surface area contributed by atoms with Crippen LogP contribution >= 0.6 is 0 Å². The maximum atomic E-state index is 14.4. The number of aryl methyl sites for hydroxylation is 2. The molecule has 4 aromatic rings. The summed E-state index contributed by atoms with van der Waals surface area (Å²) in [6.45, 7) is 8.93. The first kappa shape index (κ1) is 34.2. The van der Waals surface area contributed by atoms with Gasteiger partial charge in [-0.05, 0) is 76.1 Å². The maximum absolute atomic E-state index is 14.4. The summed E-state index contributed by atoms with van der Waals surface area (Å²) < 4.78 is 46.9. The number of benzene rings is 3. The number of ether oxygens (including phenoxy) is 3. The van der Waals surface area contributed by atoms with Gasteiger partial charge in [0.05, 0.1) is 31.4 Å². The molecule has 0 saturated heterocycles. The average Bonchev–Trinajstić information content (AvgIpc) is 3.02. The van der Waals surface area contributed by atoms with Crippen LogP contribution in [0.25, 0.3) is 11.3 Å². The monoisotopic (exact) mass is 673 g/mol. The lowest BCUT2D eigenvalue weighted by Gasteiger charge is -2.33. The molecular formula is C35H39N5O7S. The van der Waals surface area contributed by atoms with Crippen LogP contribution in [0.3, 0.4) is 0 Å². The summed E-state index contributed by atoms with van der Waals surface area (Å²) in [4.78, 5) is 38.5. The van der Waals surface area contributed by atoms with E-state index in [1.807, 2.05) is 52.8 Å². The minimum atomic E-state index is -4.26. The van der Waals surface area contributed by atoms with Crippen molar-refractivity contribution in [2.75, 3.05) is 25.5 Å². The molecule has 0 fully saturated rings. The smallest absolute Gasteiger partial charge is 0.264 e. The number of nitrogens with one attached hydrogen (secondary N) is 2. The Kier molecular flexibility index (Phi) is 9.62. The van der Waals surface area contributed by atoms with Crippen molar-refractivity contribution in [2.45, 2.75) is 57.6 Å². The van der Waals surface area contributed by atoms with Crippen molar-refractivity contribution in [1.82, 2.24) is 20.2 Å². The molecule has 48 heavy (non-hydrogen) atoms. The van der Waals surface area contributed by atoms with E-state index in [2.05, 4.69) is 20.0 Å². The predicted molar refractivity (Wildman–Crippen MR) is 181 cm³/mol. The summed E-state index contributed by atoms with van der Waals surface area (Å²) in [7, 11) is -1.24. The Morgan fingerprint density at radius 3 is 2.38 bits per heavy atom. The number of hydrogen-bond donors (Lipinski definition) is 2. The largest absolute Gasteiger partial charge is 0.497 e. The molecule has 0 spiro atoms. The molecule has 5 rings (SSSR count). The molecule has 1 aliphatic rings. The molecule has 4 bridgehead atoms. The molecule has 252 valence electrons. The van der Waals surface area contributed by atoms with Crippen molar-refractivity contribution >= 4 is 27.8 Å². The fraction of sp³-hybridized carbons (Fsp3) is 0.314. The first-order valence-electron chi connectivity index (χ1n) is 15.2. The zero-order valence-electron chi connectivity index (χ0n) is 28.0. The van der Waals surface area contributed by atoms with Crippen LogP contribution in [0.2, 0.25) is 0 Å². The number of anilines is 1. The Morgan fingerprint density at radius 2 is 1.71 bits per heavy atom. The summed E-state index contributed by atoms with van der Waals surface area (Å²) in [5.74, 6) is -0.326. The molecule has 0 aliphatic carbocycles. The van der Waals surface area contributed by atoms with E-state index in [-0.39, 0.29) is 35.4 Å². The third-order valence-corrected chi connectivity index (χ3v) is 9.04. The molecular weight excluding hydrogens is 634 g/mol. The second kappa shape index (κ2) is 13.5. The van der Waals surface area contributed by atoms with Crippen molar-refractivity contribution in [3.05, 3.63) is 89.0 Å². The van der Waals surface area contributed by atoms with Crippen molar-refractivity contribution in [2.24, 2.45) is 0 Å². The lowest BCUT2D eigenvalue weighted by Crippen LogP contribution is -2.55. The number of carbonyl (C=O) groups is 2. The van der Waals surface area contributed by atoms with Crippen LogP contribution < -0.4 is 24.2 Å². The summed E-state index contributed by atoms with van der Waals surface area (Å²) in [5.41, 5.74) is 2.99. The second-order valence-corrected chi connectivity index (χ2v) is 14.2. The second-order valence-electron chi connectivity index (χ2n) is 12.5. The zero-order chi connectivity index (χ0) is 34.8. The number of amides is 2. The summed E-state index contributed by atoms with van der Waals surface area (Å²) in [6.07, 6.45) is 0. The van der Waals surface area contributed by atoms with Gasteiger partial charge in [-0.3, -0.25) is 9.59 Å². The first-order valence-corrected chi connectivity index (χ1v) is 16.7. The molecule has 2 amide bonds. The Morgan fingerprint density at radius 1 is 1.00 bits per heavy atom. The normalized spacial score (nSPS) is 15.9. The molecule has 1 aliphatic heterocycles. The SMILES string of the molecule is COc1ccc(CN2C(=O)c3cccc(c3)S(=O)(=O)Nc3nc(cc(-c4c(C)cccc4C)n3)OCC2C(=O)NC(C)(C)C)c(OC)c1. The van der Waals surface area contributed by atoms with Gasteiger partial charge in [0.1, 0.15) is 24.1 Å². The van der Waals surface area contributed by atoms with E-state index >= 15 is 0 Å². The Bertz CT molecular complexity index is 1950. The average molecular weight is 674 g/mol. The van der Waals surface area contributed by atoms with Gasteiger partial charge in [0.15, 0.2) is 0 Å². The standard InChI is InChI=1S/C35H39N5O7S/c1-21-10-8-11-22(2)31(21)27-18-30-37-34(36-27)39-48(43,44)26-13-9-12-23(16-26)33(42)40(28(20-47-30)32(41)38-35(3,4)5)19-24-14-15-25(45-6)17-29(24)46-7/h8-18,28H,19-20H2,1-7H3,(H,38,41)(H,36,37,39). The molecule has 13 heteroatoms. The Labute approximate surface area is 280 Å². The molecule has 0 saturated carbocycles. The lowest BCUT2D eigenvalue weighted by molar-refractivity contribution is -0.128. The fourth-order valence-electron chi connectivity index (χ4n) is 5.45. The molecule has 12 nitrogen and oxygen atoms in total. The number of aromatic nitrogens is 2. The predicted octanol–water partition coefficient (Wildman–Crippen LogP) is 4.90. The zero-order valence-corrected chi connectivity index (χ0v) is 28.8. The highest BCUT2D eigenvalue weighted by Crippen LogP contribution is 2.31. The fourth-order valence-corrected chi connectivity index (χ4v) is 6.44. The number of carbonyl (C=O) groups excluding carboxylic acids is 2. The Balaban J connectivity index is 1.71. The molecule has 2 N–H and O–H groups in total. The third kappa shape index (κ3) is 7.52. The minimum absolute atomic E-state index is 0.00861. The topological polar surface area (TPSA) is 149 Å². The van der Waals surface area contributed by atoms with Crippen molar-refractivity contribution < 1.29 is 32.2 Å². The molecule has 3 aromatic carbocycles. The summed E-state index contributed by atoms with van der Waals surface area (Å²) in [5, 5.41) is 2.97. The first-order chi connectivity index (χ1) is 22.7. The van der Waals surface area contributed by atoms with Gasteiger partial charge in [0.25, 0.3) is 15.9 Å². The van der Waals surface area contributed by atoms with Gasteiger partial charge in [-0.1, -0.05) is 24.3 Å². The molecule has 0 radical (unpaired) electrons. The van der Waals surface area contributed by atoms with Crippen LogP contribution in [0.15, 0.2) is 71.6 Å². The van der Waals surface area contributed by atoms with Crippen molar-refractivity contribution in [3.8, 4) is 28.6 Å². The van der Waals surface area contributed by atoms with Crippen LogP contribution in [-0.4, -0.2) is 67.5 Å². The molecule has 1 aromatic heterocycles. The van der Waals surface area contributed by atoms with Gasteiger partial charge in [-0.25, -0.2) is 18.1 Å². The number of rotatable bonds is 6. The van der Waals surface area contributed by atoms with Crippen LogP contribution in [0.1, 0.15) is 47.8 Å². The minimum Gasteiger partial charge on any atom is -0.497 e. The van der Waals surface area contributed by atoms with Gasteiger partial charge in [0, 0.05) is 34.4 Å². The number of sulfonamides is 1. The van der Waals surface area contributed by atoms with E-state index in [9.17, 15) is 18.0 Å². The highest BCUT2D eigenvalue weighted by Gasteiger charge is 2.35. The van der Waals surface area contributed by atoms with Crippen LogP contribution in [-0.2, 0) is 21.4 Å². The van der Waals surface area contributed by atoms with E-state index in [4.69, 9.17) is 14.2 Å². The van der Waals surface area contributed by atoms with Gasteiger partial charge in [-0.15, -0.1) is 0 Å². The number of methoxy groups -OCH3 is 2. The van der Waals surface area contributed by atoms with E-state index in [1.165, 1.54) is 43.4 Å². The highest BCUT2D eigenvalue weighted by molar-refractivity contribution is 7.92. The summed E-state index contributed by atoms with van der Waals surface area (Å²) >= 11 is 0. The van der Waals surface area contributed by atoms with Crippen LogP contribution in [0, 0.1) is 13.8 Å². The van der Waals surface area contributed by atoms with Gasteiger partial charge in [-0.2, -0.15) is 4.98 Å². The van der Waals surface area contributed by atoms with Crippen molar-refractivity contribution in [3.63, 3.8) is 0 Å². The van der Waals surface area contributed by atoms with E-state index in [0.29, 0.717) is 22.8 Å². The summed E-state index contributed by atoms with van der Waals surface area (Å²) in [6, 6.07) is 16.9. The third-order valence-electron chi connectivity index (χ3n) is 7.72. The molecule has 1 unspecified atom stereocenters. The van der Waals surface area contributed by atoms with Crippen LogP contribution in [0.4, 0.5) is 5.95 Å². The van der Waals surface area contributed by atoms with E-state index in [0.717, 1.165) is 16.7 Å². The lowest BCUT2D eigenvalue weighted by atomic mass is 10.00. The number of fused-ring (bicyclic) bond motifs is 4. The van der Waals surface area contributed by atoms with E-state index in [1.54, 1.807) is 24.3 Å². The number of nitrogens with zero attached hydrogens (tertiary/aromatic N) is 3. The van der Waals surface area contributed by atoms with E-state index < -0.39 is 33.4 Å². The molecule has 1 atom stereocenters. The van der Waals surface area contributed by atoms with Crippen molar-refractivity contribution in [1.29, 1.82) is 0 Å². The maximum Gasteiger partial charge on any atom is 0.264 e. The number of hydrogen-bond acceptors (Lipinski definition) is 9. The highest BCUT2D eigenvalue weighted by atomic mass is 32.2.